The van der Waals surface area contributed by atoms with Crippen molar-refractivity contribution in [1.82, 2.24) is 5.32 Å². The van der Waals surface area contributed by atoms with Crippen LogP contribution in [0.15, 0.2) is 24.3 Å². The zero-order valence-electron chi connectivity index (χ0n) is 10.4. The predicted molar refractivity (Wildman–Crippen MR) is 67.3 cm³/mol. The monoisotopic (exact) mass is 230 g/mol. The van der Waals surface area contributed by atoms with Crippen LogP contribution in [-0.4, -0.2) is 11.9 Å². The first kappa shape index (κ1) is 13.2. The molecular weight excluding hydrogens is 212 g/mol. The largest absolute Gasteiger partial charge is 0.353 e. The van der Waals surface area contributed by atoms with E-state index in [0.717, 1.165) is 6.42 Å². The Bertz CT molecular complexity index is 420. The number of aryl methyl sites for hydroxylation is 2. The van der Waals surface area contributed by atoms with Crippen molar-refractivity contribution in [1.29, 1.82) is 5.26 Å². The Kier molecular flexibility index (Phi) is 5.22. The minimum Gasteiger partial charge on any atom is -0.353 e. The van der Waals surface area contributed by atoms with E-state index in [-0.39, 0.29) is 11.9 Å². The summed E-state index contributed by atoms with van der Waals surface area (Å²) in [6.07, 6.45) is 1.57. The standard InChI is InChI=1S/C14H18N2O/c1-11-4-3-5-13(10-11)6-7-14(17)16-12(2)8-9-15/h3-5,10,12H,6-8H2,1-2H3,(H,16,17). The lowest BCUT2D eigenvalue weighted by Gasteiger charge is -2.10. The van der Waals surface area contributed by atoms with Crippen molar-refractivity contribution in [3.63, 3.8) is 0 Å². The fourth-order valence-electron chi connectivity index (χ4n) is 1.66. The molecule has 90 valence electrons. The summed E-state index contributed by atoms with van der Waals surface area (Å²) < 4.78 is 0. The molecule has 0 aliphatic heterocycles. The number of amides is 1. The van der Waals surface area contributed by atoms with Gasteiger partial charge in [0.25, 0.3) is 0 Å². The van der Waals surface area contributed by atoms with Crippen LogP contribution in [0.1, 0.15) is 30.9 Å². The van der Waals surface area contributed by atoms with Crippen molar-refractivity contribution >= 4 is 5.91 Å². The maximum Gasteiger partial charge on any atom is 0.220 e. The molecule has 17 heavy (non-hydrogen) atoms. The summed E-state index contributed by atoms with van der Waals surface area (Å²) in [5, 5.41) is 11.3. The minimum absolute atomic E-state index is 0.00857. The van der Waals surface area contributed by atoms with Crippen LogP contribution < -0.4 is 5.32 Å². The van der Waals surface area contributed by atoms with E-state index in [0.29, 0.717) is 12.8 Å². The molecule has 1 N–H and O–H groups in total. The van der Waals surface area contributed by atoms with E-state index in [1.54, 1.807) is 0 Å². The maximum atomic E-state index is 11.6. The first-order valence-corrected chi connectivity index (χ1v) is 5.83. The van der Waals surface area contributed by atoms with E-state index in [1.165, 1.54) is 11.1 Å². The molecule has 0 spiro atoms. The van der Waals surface area contributed by atoms with Crippen LogP contribution in [0, 0.1) is 18.3 Å². The highest BCUT2D eigenvalue weighted by Crippen LogP contribution is 2.06. The molecule has 0 heterocycles. The fourth-order valence-corrected chi connectivity index (χ4v) is 1.66. The quantitative estimate of drug-likeness (QED) is 0.844. The van der Waals surface area contributed by atoms with E-state index in [1.807, 2.05) is 38.1 Å². The molecule has 0 saturated heterocycles. The number of hydrogen-bond donors (Lipinski definition) is 1. The average Bonchev–Trinajstić information content (AvgIpc) is 2.27. The van der Waals surface area contributed by atoms with Gasteiger partial charge in [0.1, 0.15) is 0 Å². The van der Waals surface area contributed by atoms with Gasteiger partial charge in [-0.05, 0) is 25.8 Å². The van der Waals surface area contributed by atoms with Crippen molar-refractivity contribution in [2.75, 3.05) is 0 Å². The lowest BCUT2D eigenvalue weighted by Crippen LogP contribution is -2.32. The summed E-state index contributed by atoms with van der Waals surface area (Å²) in [4.78, 5) is 11.6. The lowest BCUT2D eigenvalue weighted by molar-refractivity contribution is -0.121. The number of hydrogen-bond acceptors (Lipinski definition) is 2. The normalized spacial score (nSPS) is 11.6. The molecule has 1 unspecified atom stereocenters. The van der Waals surface area contributed by atoms with Gasteiger partial charge in [0.15, 0.2) is 0 Å². The predicted octanol–water partition coefficient (Wildman–Crippen LogP) is 2.35. The smallest absolute Gasteiger partial charge is 0.220 e. The van der Waals surface area contributed by atoms with Gasteiger partial charge in [-0.15, -0.1) is 0 Å². The number of benzene rings is 1. The van der Waals surface area contributed by atoms with Gasteiger partial charge >= 0.3 is 0 Å². The van der Waals surface area contributed by atoms with Crippen molar-refractivity contribution in [3.8, 4) is 6.07 Å². The van der Waals surface area contributed by atoms with Crippen LogP contribution >= 0.6 is 0 Å². The number of rotatable bonds is 5. The summed E-state index contributed by atoms with van der Waals surface area (Å²) in [5.74, 6) is 0.00857. The van der Waals surface area contributed by atoms with Crippen LogP contribution in [0.5, 0.6) is 0 Å². The summed E-state index contributed by atoms with van der Waals surface area (Å²) in [7, 11) is 0. The second kappa shape index (κ2) is 6.70. The number of carbonyl (C=O) groups excluding carboxylic acids is 1. The zero-order valence-corrected chi connectivity index (χ0v) is 10.4. The Balaban J connectivity index is 2.36. The molecule has 1 atom stereocenters. The number of carbonyl (C=O) groups is 1. The molecule has 1 aromatic carbocycles. The Morgan fingerprint density at radius 2 is 2.29 bits per heavy atom. The lowest BCUT2D eigenvalue weighted by atomic mass is 10.1. The van der Waals surface area contributed by atoms with Crippen molar-refractivity contribution in [3.05, 3.63) is 35.4 Å². The highest BCUT2D eigenvalue weighted by Gasteiger charge is 2.06. The van der Waals surface area contributed by atoms with Gasteiger partial charge in [-0.1, -0.05) is 29.8 Å². The Morgan fingerprint density at radius 3 is 2.94 bits per heavy atom. The van der Waals surface area contributed by atoms with Crippen LogP contribution in [0.25, 0.3) is 0 Å². The zero-order chi connectivity index (χ0) is 12.7. The Hall–Kier alpha value is -1.82. The van der Waals surface area contributed by atoms with Gasteiger partial charge in [0, 0.05) is 12.5 Å². The third-order valence-corrected chi connectivity index (χ3v) is 2.53. The van der Waals surface area contributed by atoms with Crippen LogP contribution in [0.4, 0.5) is 0 Å². The van der Waals surface area contributed by atoms with Gasteiger partial charge in [-0.2, -0.15) is 5.26 Å². The number of nitriles is 1. The fraction of sp³-hybridized carbons (Fsp3) is 0.429. The SMILES string of the molecule is Cc1cccc(CCC(=O)NC(C)CC#N)c1. The molecule has 1 aromatic rings. The molecule has 0 radical (unpaired) electrons. The molecule has 0 aliphatic rings. The van der Waals surface area contributed by atoms with Gasteiger partial charge in [-0.3, -0.25) is 4.79 Å². The second-order valence-corrected chi connectivity index (χ2v) is 4.32. The van der Waals surface area contributed by atoms with Gasteiger partial charge < -0.3 is 5.32 Å². The van der Waals surface area contributed by atoms with E-state index in [2.05, 4.69) is 11.4 Å². The van der Waals surface area contributed by atoms with Crippen LogP contribution in [0.3, 0.4) is 0 Å². The topological polar surface area (TPSA) is 52.9 Å². The average molecular weight is 230 g/mol. The third-order valence-electron chi connectivity index (χ3n) is 2.53. The molecule has 0 fully saturated rings. The van der Waals surface area contributed by atoms with Crippen molar-refractivity contribution in [2.45, 2.75) is 39.2 Å². The molecule has 1 amide bonds. The number of nitrogens with one attached hydrogen (secondary N) is 1. The van der Waals surface area contributed by atoms with Crippen LogP contribution in [0.2, 0.25) is 0 Å². The highest BCUT2D eigenvalue weighted by molar-refractivity contribution is 5.76. The van der Waals surface area contributed by atoms with Crippen molar-refractivity contribution in [2.24, 2.45) is 0 Å². The van der Waals surface area contributed by atoms with E-state index in [4.69, 9.17) is 5.26 Å². The van der Waals surface area contributed by atoms with Gasteiger partial charge in [-0.25, -0.2) is 0 Å². The Labute approximate surface area is 102 Å². The molecule has 1 rings (SSSR count). The third kappa shape index (κ3) is 5.17. The summed E-state index contributed by atoms with van der Waals surface area (Å²) in [6, 6.07) is 10.1. The molecule has 3 heteroatoms. The van der Waals surface area contributed by atoms with Crippen molar-refractivity contribution < 1.29 is 4.79 Å². The second-order valence-electron chi connectivity index (χ2n) is 4.32. The maximum absolute atomic E-state index is 11.6. The Morgan fingerprint density at radius 1 is 1.53 bits per heavy atom. The van der Waals surface area contributed by atoms with E-state index < -0.39 is 0 Å². The molecular formula is C14H18N2O. The summed E-state index contributed by atoms with van der Waals surface area (Å²) >= 11 is 0. The summed E-state index contributed by atoms with van der Waals surface area (Å²) in [6.45, 7) is 3.88. The van der Waals surface area contributed by atoms with Gasteiger partial charge in [0.05, 0.1) is 12.5 Å². The molecule has 0 aliphatic carbocycles. The summed E-state index contributed by atoms with van der Waals surface area (Å²) in [5.41, 5.74) is 2.38. The molecule has 0 aromatic heterocycles. The molecule has 3 nitrogen and oxygen atoms in total. The minimum atomic E-state index is -0.0648. The highest BCUT2D eigenvalue weighted by atomic mass is 16.1. The molecule has 0 bridgehead atoms. The van der Waals surface area contributed by atoms with Crippen LogP contribution in [-0.2, 0) is 11.2 Å². The molecule has 0 saturated carbocycles. The van der Waals surface area contributed by atoms with E-state index >= 15 is 0 Å². The first-order chi connectivity index (χ1) is 8.11. The number of nitrogens with zero attached hydrogens (tertiary/aromatic N) is 1. The first-order valence-electron chi connectivity index (χ1n) is 5.83. The van der Waals surface area contributed by atoms with Gasteiger partial charge in [0.2, 0.25) is 5.91 Å². The van der Waals surface area contributed by atoms with E-state index in [9.17, 15) is 4.79 Å².